The Balaban J connectivity index is 2.30. The third-order valence-corrected chi connectivity index (χ3v) is 2.41. The Bertz CT molecular complexity index is 139. The quantitative estimate of drug-likeness (QED) is 0.669. The van der Waals surface area contributed by atoms with Gasteiger partial charge in [-0.25, -0.2) is 0 Å². The van der Waals surface area contributed by atoms with Crippen LogP contribution < -0.4 is 0 Å². The Kier molecular flexibility index (Phi) is 2.85. The standard InChI is InChI=1S/C8H13FO2/c9-5-6-1-3-7(4-2-6)8(10)11/h6-7H,1-5H2,(H,10,11)/t6-,7-. The fourth-order valence-electron chi connectivity index (χ4n) is 1.56. The molecule has 1 aliphatic carbocycles. The number of alkyl halides is 1. The zero-order valence-electron chi connectivity index (χ0n) is 6.42. The summed E-state index contributed by atoms with van der Waals surface area (Å²) in [4.78, 5) is 10.5. The van der Waals surface area contributed by atoms with Gasteiger partial charge in [-0.1, -0.05) is 0 Å². The summed E-state index contributed by atoms with van der Waals surface area (Å²) in [5.74, 6) is -0.800. The van der Waals surface area contributed by atoms with Crippen LogP contribution in [0, 0.1) is 11.8 Å². The van der Waals surface area contributed by atoms with Crippen LogP contribution in [-0.2, 0) is 4.79 Å². The molecule has 0 atom stereocenters. The van der Waals surface area contributed by atoms with Crippen molar-refractivity contribution < 1.29 is 14.3 Å². The van der Waals surface area contributed by atoms with Gasteiger partial charge in [0.05, 0.1) is 12.6 Å². The monoisotopic (exact) mass is 160 g/mol. The van der Waals surface area contributed by atoms with Gasteiger partial charge in [0.2, 0.25) is 0 Å². The predicted molar refractivity (Wildman–Crippen MR) is 39.1 cm³/mol. The van der Waals surface area contributed by atoms with Gasteiger partial charge in [0, 0.05) is 0 Å². The van der Waals surface area contributed by atoms with E-state index in [9.17, 15) is 9.18 Å². The van der Waals surface area contributed by atoms with E-state index in [1.165, 1.54) is 0 Å². The van der Waals surface area contributed by atoms with Crippen molar-refractivity contribution >= 4 is 5.97 Å². The molecule has 0 aromatic carbocycles. The Hall–Kier alpha value is -0.600. The van der Waals surface area contributed by atoms with Gasteiger partial charge < -0.3 is 5.11 Å². The smallest absolute Gasteiger partial charge is 0.306 e. The predicted octanol–water partition coefficient (Wildman–Crippen LogP) is 1.85. The van der Waals surface area contributed by atoms with Crippen LogP contribution in [0.2, 0.25) is 0 Å². The number of hydrogen-bond acceptors (Lipinski definition) is 1. The maximum atomic E-state index is 12.1. The second-order valence-corrected chi connectivity index (χ2v) is 3.21. The lowest BCUT2D eigenvalue weighted by atomic mass is 9.83. The third-order valence-electron chi connectivity index (χ3n) is 2.41. The van der Waals surface area contributed by atoms with Crippen LogP contribution >= 0.6 is 0 Å². The molecule has 0 bridgehead atoms. The fraction of sp³-hybridized carbons (Fsp3) is 0.875. The summed E-state index contributed by atoms with van der Waals surface area (Å²) in [7, 11) is 0. The molecule has 0 unspecified atom stereocenters. The molecular weight excluding hydrogens is 147 g/mol. The molecule has 0 amide bonds. The highest BCUT2D eigenvalue weighted by molar-refractivity contribution is 5.69. The van der Waals surface area contributed by atoms with Crippen LogP contribution in [-0.4, -0.2) is 17.8 Å². The van der Waals surface area contributed by atoms with E-state index in [0.29, 0.717) is 12.8 Å². The number of carbonyl (C=O) groups is 1. The molecule has 1 rings (SSSR count). The van der Waals surface area contributed by atoms with Crippen LogP contribution in [0.3, 0.4) is 0 Å². The van der Waals surface area contributed by atoms with Crippen LogP contribution in [0.25, 0.3) is 0 Å². The van der Waals surface area contributed by atoms with Crippen molar-refractivity contribution in [1.29, 1.82) is 0 Å². The molecule has 0 aromatic rings. The number of aliphatic carboxylic acids is 1. The second-order valence-electron chi connectivity index (χ2n) is 3.21. The van der Waals surface area contributed by atoms with Crippen molar-refractivity contribution in [3.63, 3.8) is 0 Å². The van der Waals surface area contributed by atoms with E-state index >= 15 is 0 Å². The molecule has 1 N–H and O–H groups in total. The molecule has 0 aliphatic heterocycles. The van der Waals surface area contributed by atoms with E-state index < -0.39 is 5.97 Å². The maximum Gasteiger partial charge on any atom is 0.306 e. The summed E-state index contributed by atoms with van der Waals surface area (Å²) < 4.78 is 12.1. The first-order chi connectivity index (χ1) is 5.24. The molecular formula is C8H13FO2. The fourth-order valence-corrected chi connectivity index (χ4v) is 1.56. The Morgan fingerprint density at radius 1 is 1.36 bits per heavy atom. The van der Waals surface area contributed by atoms with E-state index in [0.717, 1.165) is 12.8 Å². The maximum absolute atomic E-state index is 12.1. The number of halogens is 1. The van der Waals surface area contributed by atoms with Crippen LogP contribution in [0.15, 0.2) is 0 Å². The molecule has 0 spiro atoms. The van der Waals surface area contributed by atoms with Gasteiger partial charge >= 0.3 is 5.97 Å². The van der Waals surface area contributed by atoms with Gasteiger partial charge in [-0.05, 0) is 31.6 Å². The van der Waals surface area contributed by atoms with Gasteiger partial charge in [-0.3, -0.25) is 9.18 Å². The molecule has 1 fully saturated rings. The molecule has 0 saturated heterocycles. The zero-order valence-corrected chi connectivity index (χ0v) is 6.42. The number of rotatable bonds is 2. The number of hydrogen-bond donors (Lipinski definition) is 1. The van der Waals surface area contributed by atoms with Crippen molar-refractivity contribution in [2.75, 3.05) is 6.67 Å². The molecule has 3 heteroatoms. The van der Waals surface area contributed by atoms with E-state index in [1.54, 1.807) is 0 Å². The van der Waals surface area contributed by atoms with Crippen LogP contribution in [0.4, 0.5) is 4.39 Å². The largest absolute Gasteiger partial charge is 0.481 e. The van der Waals surface area contributed by atoms with Crippen LogP contribution in [0.1, 0.15) is 25.7 Å². The average Bonchev–Trinajstić information content (AvgIpc) is 2.05. The highest BCUT2D eigenvalue weighted by Gasteiger charge is 2.25. The summed E-state index contributed by atoms with van der Waals surface area (Å²) in [6, 6.07) is 0. The van der Waals surface area contributed by atoms with Gasteiger partial charge in [0.15, 0.2) is 0 Å². The lowest BCUT2D eigenvalue weighted by Crippen LogP contribution is -2.22. The molecule has 0 heterocycles. The summed E-state index contributed by atoms with van der Waals surface area (Å²) in [6.45, 7) is -0.285. The zero-order chi connectivity index (χ0) is 8.27. The SMILES string of the molecule is O=C(O)[C@H]1CC[C@H](CF)CC1. The van der Waals surface area contributed by atoms with E-state index in [2.05, 4.69) is 0 Å². The van der Waals surface area contributed by atoms with Gasteiger partial charge in [-0.15, -0.1) is 0 Å². The topological polar surface area (TPSA) is 37.3 Å². The molecule has 0 aromatic heterocycles. The van der Waals surface area contributed by atoms with Crippen molar-refractivity contribution in [2.45, 2.75) is 25.7 Å². The van der Waals surface area contributed by atoms with Crippen molar-refractivity contribution in [3.8, 4) is 0 Å². The molecule has 64 valence electrons. The van der Waals surface area contributed by atoms with E-state index in [4.69, 9.17) is 5.11 Å². The van der Waals surface area contributed by atoms with Gasteiger partial charge in [0.25, 0.3) is 0 Å². The summed E-state index contributed by atoms with van der Waals surface area (Å²) in [5.41, 5.74) is 0. The van der Waals surface area contributed by atoms with Crippen molar-refractivity contribution in [2.24, 2.45) is 11.8 Å². The molecule has 1 saturated carbocycles. The molecule has 1 aliphatic rings. The summed E-state index contributed by atoms with van der Waals surface area (Å²) in [6.07, 6.45) is 2.80. The highest BCUT2D eigenvalue weighted by atomic mass is 19.1. The number of carboxylic acid groups (broad SMARTS) is 1. The minimum Gasteiger partial charge on any atom is -0.481 e. The lowest BCUT2D eigenvalue weighted by molar-refractivity contribution is -0.143. The van der Waals surface area contributed by atoms with E-state index in [-0.39, 0.29) is 18.5 Å². The minimum absolute atomic E-state index is 0.130. The first-order valence-corrected chi connectivity index (χ1v) is 4.02. The van der Waals surface area contributed by atoms with E-state index in [1.807, 2.05) is 0 Å². The lowest BCUT2D eigenvalue weighted by Gasteiger charge is -2.23. The van der Waals surface area contributed by atoms with Gasteiger partial charge in [-0.2, -0.15) is 0 Å². The second kappa shape index (κ2) is 3.69. The van der Waals surface area contributed by atoms with Crippen LogP contribution in [0.5, 0.6) is 0 Å². The highest BCUT2D eigenvalue weighted by Crippen LogP contribution is 2.28. The first kappa shape index (κ1) is 8.50. The Morgan fingerprint density at radius 2 is 1.91 bits per heavy atom. The summed E-state index contributed by atoms with van der Waals surface area (Å²) >= 11 is 0. The Morgan fingerprint density at radius 3 is 2.27 bits per heavy atom. The number of carboxylic acids is 1. The Labute approximate surface area is 65.4 Å². The van der Waals surface area contributed by atoms with Crippen molar-refractivity contribution in [1.82, 2.24) is 0 Å². The molecule has 0 radical (unpaired) electrons. The van der Waals surface area contributed by atoms with Crippen molar-refractivity contribution in [3.05, 3.63) is 0 Å². The third kappa shape index (κ3) is 2.17. The summed E-state index contributed by atoms with van der Waals surface area (Å²) in [5, 5.41) is 8.60. The minimum atomic E-state index is -0.720. The molecule has 11 heavy (non-hydrogen) atoms. The first-order valence-electron chi connectivity index (χ1n) is 4.02. The normalized spacial score (nSPS) is 31.7. The molecule has 2 nitrogen and oxygen atoms in total. The average molecular weight is 160 g/mol. The van der Waals surface area contributed by atoms with Gasteiger partial charge in [0.1, 0.15) is 0 Å².